The van der Waals surface area contributed by atoms with Crippen LogP contribution in [0.1, 0.15) is 13.3 Å². The molecule has 0 aromatic heterocycles. The summed E-state index contributed by atoms with van der Waals surface area (Å²) >= 11 is 1.64. The Morgan fingerprint density at radius 3 is 2.67 bits per heavy atom. The first-order valence-corrected chi connectivity index (χ1v) is 6.05. The zero-order valence-corrected chi connectivity index (χ0v) is 9.55. The van der Waals surface area contributed by atoms with Crippen molar-refractivity contribution in [1.29, 1.82) is 0 Å². The van der Waals surface area contributed by atoms with Crippen molar-refractivity contribution in [2.45, 2.75) is 13.3 Å². The van der Waals surface area contributed by atoms with E-state index in [1.54, 1.807) is 18.7 Å². The molecule has 0 bridgehead atoms. The standard InChI is InChI=1S/C10H15NO3S/c1-8-7-9(13)11(10(8)14)3-6-15-5-2-4-12/h7,12H,2-6H2,1H3. The number of nitrogens with zero attached hydrogens (tertiary/aromatic N) is 1. The van der Waals surface area contributed by atoms with E-state index in [1.807, 2.05) is 0 Å². The summed E-state index contributed by atoms with van der Waals surface area (Å²) in [4.78, 5) is 24.0. The lowest BCUT2D eigenvalue weighted by atomic mass is 10.3. The van der Waals surface area contributed by atoms with E-state index in [1.165, 1.54) is 11.0 Å². The van der Waals surface area contributed by atoms with Gasteiger partial charge in [0, 0.05) is 30.6 Å². The normalized spacial score (nSPS) is 16.1. The summed E-state index contributed by atoms with van der Waals surface area (Å²) in [5.74, 6) is 1.21. The minimum absolute atomic E-state index is 0.178. The molecule has 5 heteroatoms. The molecule has 1 N–H and O–H groups in total. The number of imide groups is 1. The summed E-state index contributed by atoms with van der Waals surface area (Å²) in [6, 6.07) is 0. The molecule has 0 fully saturated rings. The highest BCUT2D eigenvalue weighted by Gasteiger charge is 2.27. The monoisotopic (exact) mass is 229 g/mol. The lowest BCUT2D eigenvalue weighted by molar-refractivity contribution is -0.136. The molecule has 0 aromatic carbocycles. The minimum Gasteiger partial charge on any atom is -0.396 e. The molecule has 0 spiro atoms. The third kappa shape index (κ3) is 3.35. The van der Waals surface area contributed by atoms with Crippen LogP contribution in [-0.2, 0) is 9.59 Å². The van der Waals surface area contributed by atoms with Gasteiger partial charge in [0.2, 0.25) is 0 Å². The van der Waals surface area contributed by atoms with Gasteiger partial charge in [-0.1, -0.05) is 0 Å². The summed E-state index contributed by atoms with van der Waals surface area (Å²) in [7, 11) is 0. The maximum Gasteiger partial charge on any atom is 0.256 e. The molecule has 0 saturated heterocycles. The highest BCUT2D eigenvalue weighted by molar-refractivity contribution is 7.99. The molecular formula is C10H15NO3S. The highest BCUT2D eigenvalue weighted by atomic mass is 32.2. The number of hydrogen-bond acceptors (Lipinski definition) is 4. The van der Waals surface area contributed by atoms with Crippen LogP contribution >= 0.6 is 11.8 Å². The first kappa shape index (κ1) is 12.3. The Morgan fingerprint density at radius 1 is 1.40 bits per heavy atom. The first-order chi connectivity index (χ1) is 7.16. The molecule has 1 heterocycles. The topological polar surface area (TPSA) is 57.6 Å². The Balaban J connectivity index is 2.23. The van der Waals surface area contributed by atoms with E-state index >= 15 is 0 Å². The number of carbonyl (C=O) groups is 2. The van der Waals surface area contributed by atoms with Gasteiger partial charge >= 0.3 is 0 Å². The number of hydrogen-bond donors (Lipinski definition) is 1. The number of amides is 2. The van der Waals surface area contributed by atoms with Gasteiger partial charge in [-0.2, -0.15) is 11.8 Å². The van der Waals surface area contributed by atoms with E-state index in [9.17, 15) is 9.59 Å². The molecule has 1 aliphatic heterocycles. The molecule has 1 rings (SSSR count). The van der Waals surface area contributed by atoms with Crippen LogP contribution in [0, 0.1) is 0 Å². The van der Waals surface area contributed by atoms with Crippen LogP contribution in [0.3, 0.4) is 0 Å². The molecule has 0 saturated carbocycles. The van der Waals surface area contributed by atoms with Gasteiger partial charge in [-0.15, -0.1) is 0 Å². The fourth-order valence-corrected chi connectivity index (χ4v) is 2.12. The molecule has 4 nitrogen and oxygen atoms in total. The van der Waals surface area contributed by atoms with E-state index in [2.05, 4.69) is 0 Å². The second-order valence-electron chi connectivity index (χ2n) is 3.31. The quantitative estimate of drug-likeness (QED) is 0.529. The van der Waals surface area contributed by atoms with Crippen LogP contribution in [0.5, 0.6) is 0 Å². The van der Waals surface area contributed by atoms with E-state index < -0.39 is 0 Å². The smallest absolute Gasteiger partial charge is 0.256 e. The number of thioether (sulfide) groups is 1. The van der Waals surface area contributed by atoms with Crippen molar-refractivity contribution in [1.82, 2.24) is 4.90 Å². The zero-order chi connectivity index (χ0) is 11.3. The van der Waals surface area contributed by atoms with Crippen LogP contribution in [0.15, 0.2) is 11.6 Å². The van der Waals surface area contributed by atoms with Crippen LogP contribution in [0.25, 0.3) is 0 Å². The van der Waals surface area contributed by atoms with Gasteiger partial charge in [-0.3, -0.25) is 14.5 Å². The largest absolute Gasteiger partial charge is 0.396 e. The Labute approximate surface area is 93.3 Å². The Kier molecular flexibility index (Phi) is 4.84. The van der Waals surface area contributed by atoms with Gasteiger partial charge < -0.3 is 5.11 Å². The summed E-state index contributed by atoms with van der Waals surface area (Å²) < 4.78 is 0. The van der Waals surface area contributed by atoms with Gasteiger partial charge in [-0.05, 0) is 19.1 Å². The van der Waals surface area contributed by atoms with E-state index in [0.717, 1.165) is 17.9 Å². The molecule has 15 heavy (non-hydrogen) atoms. The molecule has 0 aromatic rings. The van der Waals surface area contributed by atoms with Gasteiger partial charge in [-0.25, -0.2) is 0 Å². The van der Waals surface area contributed by atoms with Crippen molar-refractivity contribution in [2.24, 2.45) is 0 Å². The second kappa shape index (κ2) is 5.92. The van der Waals surface area contributed by atoms with Crippen molar-refractivity contribution < 1.29 is 14.7 Å². The van der Waals surface area contributed by atoms with Crippen molar-refractivity contribution in [3.8, 4) is 0 Å². The molecule has 0 radical (unpaired) electrons. The van der Waals surface area contributed by atoms with Crippen molar-refractivity contribution in [3.63, 3.8) is 0 Å². The van der Waals surface area contributed by atoms with Gasteiger partial charge in [0.15, 0.2) is 0 Å². The Morgan fingerprint density at radius 2 is 2.13 bits per heavy atom. The van der Waals surface area contributed by atoms with E-state index in [0.29, 0.717) is 12.1 Å². The molecule has 1 aliphatic rings. The molecule has 84 valence electrons. The third-order valence-electron chi connectivity index (χ3n) is 2.09. The first-order valence-electron chi connectivity index (χ1n) is 4.89. The lowest BCUT2D eigenvalue weighted by Gasteiger charge is -2.13. The van der Waals surface area contributed by atoms with Crippen molar-refractivity contribution in [3.05, 3.63) is 11.6 Å². The lowest BCUT2D eigenvalue weighted by Crippen LogP contribution is -2.32. The number of aliphatic hydroxyl groups excluding tert-OH is 1. The van der Waals surface area contributed by atoms with Crippen molar-refractivity contribution >= 4 is 23.6 Å². The van der Waals surface area contributed by atoms with E-state index in [-0.39, 0.29) is 18.4 Å². The maximum absolute atomic E-state index is 11.4. The average molecular weight is 229 g/mol. The fraction of sp³-hybridized carbons (Fsp3) is 0.600. The number of rotatable bonds is 6. The predicted octanol–water partition coefficient (Wildman–Crippen LogP) is 0.417. The fourth-order valence-electron chi connectivity index (χ4n) is 1.27. The molecule has 0 atom stereocenters. The average Bonchev–Trinajstić information content (AvgIpc) is 2.44. The van der Waals surface area contributed by atoms with Gasteiger partial charge in [0.1, 0.15) is 0 Å². The maximum atomic E-state index is 11.4. The van der Waals surface area contributed by atoms with Crippen LogP contribution in [0.4, 0.5) is 0 Å². The predicted molar refractivity (Wildman–Crippen MR) is 59.5 cm³/mol. The van der Waals surface area contributed by atoms with Crippen molar-refractivity contribution in [2.75, 3.05) is 24.7 Å². The highest BCUT2D eigenvalue weighted by Crippen LogP contribution is 2.13. The zero-order valence-electron chi connectivity index (χ0n) is 8.73. The summed E-state index contributed by atoms with van der Waals surface area (Å²) in [5.41, 5.74) is 0.514. The Hall–Kier alpha value is -0.810. The number of aliphatic hydroxyl groups is 1. The van der Waals surface area contributed by atoms with Gasteiger partial charge in [0.05, 0.1) is 0 Å². The minimum atomic E-state index is -0.208. The number of carbonyl (C=O) groups excluding carboxylic acids is 2. The van der Waals surface area contributed by atoms with Crippen LogP contribution < -0.4 is 0 Å². The SMILES string of the molecule is CC1=CC(=O)N(CCSCCCO)C1=O. The Bertz CT molecular complexity index is 288. The molecule has 0 aliphatic carbocycles. The summed E-state index contributed by atoms with van der Waals surface area (Å²) in [5, 5.41) is 8.56. The van der Waals surface area contributed by atoms with Gasteiger partial charge in [0.25, 0.3) is 11.8 Å². The molecular weight excluding hydrogens is 214 g/mol. The molecule has 0 unspecified atom stereocenters. The molecule has 2 amide bonds. The van der Waals surface area contributed by atoms with Crippen LogP contribution in [-0.4, -0.2) is 46.5 Å². The second-order valence-corrected chi connectivity index (χ2v) is 4.54. The third-order valence-corrected chi connectivity index (χ3v) is 3.14. The summed E-state index contributed by atoms with van der Waals surface area (Å²) in [6.07, 6.45) is 2.13. The van der Waals surface area contributed by atoms with E-state index in [4.69, 9.17) is 5.11 Å². The summed E-state index contributed by atoms with van der Waals surface area (Å²) in [6.45, 7) is 2.30. The van der Waals surface area contributed by atoms with Crippen LogP contribution in [0.2, 0.25) is 0 Å².